The molecule has 5 heteroatoms. The topological polar surface area (TPSA) is 55.8 Å². The molecular formula is C24H27NO4. The summed E-state index contributed by atoms with van der Waals surface area (Å²) in [5.41, 5.74) is 4.81. The Hall–Kier alpha value is -2.82. The van der Waals surface area contributed by atoms with Crippen LogP contribution in [0.2, 0.25) is 0 Å². The first-order valence-electron chi connectivity index (χ1n) is 10.5. The quantitative estimate of drug-likeness (QED) is 0.697. The summed E-state index contributed by atoms with van der Waals surface area (Å²) in [4.78, 5) is 26.5. The lowest BCUT2D eigenvalue weighted by atomic mass is 9.98. The number of benzene rings is 2. The third kappa shape index (κ3) is 4.00. The number of carbonyl (C=O) groups is 2. The van der Waals surface area contributed by atoms with Crippen LogP contribution >= 0.6 is 0 Å². The summed E-state index contributed by atoms with van der Waals surface area (Å²) in [6.45, 7) is 3.69. The van der Waals surface area contributed by atoms with Crippen LogP contribution in [0.4, 0.5) is 4.79 Å². The summed E-state index contributed by atoms with van der Waals surface area (Å²) in [7, 11) is 0. The van der Waals surface area contributed by atoms with Crippen molar-refractivity contribution >= 4 is 12.1 Å². The second-order valence-corrected chi connectivity index (χ2v) is 7.76. The van der Waals surface area contributed by atoms with E-state index in [1.165, 1.54) is 22.3 Å². The van der Waals surface area contributed by atoms with E-state index in [1.54, 1.807) is 4.90 Å². The van der Waals surface area contributed by atoms with Gasteiger partial charge in [0.05, 0.1) is 12.5 Å². The number of rotatable bonds is 5. The van der Waals surface area contributed by atoms with E-state index >= 15 is 0 Å². The molecule has 0 N–H and O–H groups in total. The van der Waals surface area contributed by atoms with Crippen molar-refractivity contribution < 1.29 is 19.1 Å². The largest absolute Gasteiger partial charge is 0.465 e. The van der Waals surface area contributed by atoms with Crippen LogP contribution in [-0.2, 0) is 14.3 Å². The van der Waals surface area contributed by atoms with Gasteiger partial charge in [-0.2, -0.15) is 0 Å². The number of fused-ring (bicyclic) bond motifs is 3. The Morgan fingerprint density at radius 3 is 2.31 bits per heavy atom. The minimum Gasteiger partial charge on any atom is -0.465 e. The number of amides is 1. The first-order chi connectivity index (χ1) is 14.2. The van der Waals surface area contributed by atoms with Crippen LogP contribution in [0.3, 0.4) is 0 Å². The van der Waals surface area contributed by atoms with Crippen LogP contribution in [0.25, 0.3) is 11.1 Å². The fourth-order valence-electron chi connectivity index (χ4n) is 4.34. The van der Waals surface area contributed by atoms with Crippen LogP contribution in [0.5, 0.6) is 0 Å². The summed E-state index contributed by atoms with van der Waals surface area (Å²) in [6, 6.07) is 16.6. The van der Waals surface area contributed by atoms with E-state index in [-0.39, 0.29) is 23.9 Å². The lowest BCUT2D eigenvalue weighted by molar-refractivity contribution is -0.150. The van der Waals surface area contributed by atoms with Crippen LogP contribution in [0.1, 0.15) is 43.2 Å². The Labute approximate surface area is 171 Å². The molecule has 1 fully saturated rings. The minimum absolute atomic E-state index is 0.0430. The van der Waals surface area contributed by atoms with E-state index in [4.69, 9.17) is 9.47 Å². The maximum Gasteiger partial charge on any atom is 0.409 e. The van der Waals surface area contributed by atoms with Gasteiger partial charge >= 0.3 is 12.1 Å². The zero-order valence-corrected chi connectivity index (χ0v) is 16.8. The molecule has 29 heavy (non-hydrogen) atoms. The number of piperidine rings is 1. The smallest absolute Gasteiger partial charge is 0.409 e. The molecule has 0 bridgehead atoms. The van der Waals surface area contributed by atoms with Gasteiger partial charge < -0.3 is 14.4 Å². The Bertz CT molecular complexity index is 848. The van der Waals surface area contributed by atoms with Crippen LogP contribution < -0.4 is 0 Å². The highest BCUT2D eigenvalue weighted by atomic mass is 16.6. The summed E-state index contributed by atoms with van der Waals surface area (Å²) in [5, 5.41) is 0. The van der Waals surface area contributed by atoms with Crippen molar-refractivity contribution in [2.45, 2.75) is 32.1 Å². The molecule has 1 aliphatic carbocycles. The van der Waals surface area contributed by atoms with Gasteiger partial charge in [0, 0.05) is 19.0 Å². The highest BCUT2D eigenvalue weighted by Crippen LogP contribution is 2.44. The van der Waals surface area contributed by atoms with Gasteiger partial charge in [0.2, 0.25) is 0 Å². The van der Waals surface area contributed by atoms with Gasteiger partial charge in [-0.15, -0.1) is 0 Å². The molecule has 0 spiro atoms. The van der Waals surface area contributed by atoms with Crippen LogP contribution in [0.15, 0.2) is 48.5 Å². The zero-order valence-electron chi connectivity index (χ0n) is 16.8. The summed E-state index contributed by atoms with van der Waals surface area (Å²) in [6.07, 6.45) is 2.00. The molecule has 0 saturated carbocycles. The molecular weight excluding hydrogens is 366 g/mol. The summed E-state index contributed by atoms with van der Waals surface area (Å²) < 4.78 is 11.0. The third-order valence-corrected chi connectivity index (χ3v) is 5.80. The molecule has 5 nitrogen and oxygen atoms in total. The third-order valence-electron chi connectivity index (χ3n) is 5.80. The van der Waals surface area contributed by atoms with Gasteiger partial charge in [-0.3, -0.25) is 4.79 Å². The molecule has 0 aromatic heterocycles. The fraction of sp³-hybridized carbons (Fsp3) is 0.417. The number of ether oxygens (including phenoxy) is 2. The van der Waals surface area contributed by atoms with E-state index < -0.39 is 0 Å². The van der Waals surface area contributed by atoms with Crippen molar-refractivity contribution in [3.63, 3.8) is 0 Å². The van der Waals surface area contributed by atoms with Crippen LogP contribution in [0, 0.1) is 5.92 Å². The molecule has 1 atom stereocenters. The molecule has 1 heterocycles. The first kappa shape index (κ1) is 19.5. The molecule has 2 aromatic rings. The van der Waals surface area contributed by atoms with Gasteiger partial charge in [-0.25, -0.2) is 4.79 Å². The predicted molar refractivity (Wildman–Crippen MR) is 111 cm³/mol. The minimum atomic E-state index is -0.347. The number of carbonyl (C=O) groups excluding carboxylic acids is 2. The second kappa shape index (κ2) is 8.68. The van der Waals surface area contributed by atoms with Crippen molar-refractivity contribution in [3.8, 4) is 11.1 Å². The van der Waals surface area contributed by atoms with Crippen LogP contribution in [-0.4, -0.2) is 43.3 Å². The van der Waals surface area contributed by atoms with E-state index in [2.05, 4.69) is 24.3 Å². The number of hydrogen-bond donors (Lipinski definition) is 0. The number of esters is 1. The SMILES string of the molecule is CCCOC(=O)C1CCCN(C(=O)OCC2c3ccccc3-c3ccccc32)C1. The molecule has 4 rings (SSSR count). The highest BCUT2D eigenvalue weighted by molar-refractivity contribution is 5.79. The van der Waals surface area contributed by atoms with Crippen molar-refractivity contribution in [3.05, 3.63) is 59.7 Å². The number of hydrogen-bond acceptors (Lipinski definition) is 4. The summed E-state index contributed by atoms with van der Waals surface area (Å²) >= 11 is 0. The van der Waals surface area contributed by atoms with E-state index in [0.717, 1.165) is 19.3 Å². The highest BCUT2D eigenvalue weighted by Gasteiger charge is 2.32. The Morgan fingerprint density at radius 1 is 1.00 bits per heavy atom. The lowest BCUT2D eigenvalue weighted by Crippen LogP contribution is -2.43. The van der Waals surface area contributed by atoms with Gasteiger partial charge in [-0.1, -0.05) is 55.5 Å². The standard InChI is InChI=1S/C24H27NO4/c1-2-14-28-23(26)17-8-7-13-25(15-17)24(27)29-16-22-20-11-5-3-9-18(20)19-10-4-6-12-21(19)22/h3-6,9-12,17,22H,2,7-8,13-16H2,1H3. The summed E-state index contributed by atoms with van der Waals surface area (Å²) in [5.74, 6) is -0.416. The molecule has 0 radical (unpaired) electrons. The average molecular weight is 393 g/mol. The molecule has 1 saturated heterocycles. The molecule has 152 valence electrons. The van der Waals surface area contributed by atoms with Gasteiger partial charge in [0.25, 0.3) is 0 Å². The van der Waals surface area contributed by atoms with Crippen molar-refractivity contribution in [2.24, 2.45) is 5.92 Å². The van der Waals surface area contributed by atoms with Crippen molar-refractivity contribution in [2.75, 3.05) is 26.3 Å². The lowest BCUT2D eigenvalue weighted by Gasteiger charge is -2.31. The first-order valence-corrected chi connectivity index (χ1v) is 10.5. The van der Waals surface area contributed by atoms with Crippen molar-refractivity contribution in [1.29, 1.82) is 0 Å². The Balaban J connectivity index is 1.40. The fourth-order valence-corrected chi connectivity index (χ4v) is 4.34. The molecule has 2 aliphatic rings. The maximum absolute atomic E-state index is 12.7. The molecule has 2 aromatic carbocycles. The molecule has 1 unspecified atom stereocenters. The van der Waals surface area contributed by atoms with Gasteiger partial charge in [0.15, 0.2) is 0 Å². The predicted octanol–water partition coefficient (Wildman–Crippen LogP) is 4.60. The van der Waals surface area contributed by atoms with E-state index in [1.807, 2.05) is 31.2 Å². The van der Waals surface area contributed by atoms with E-state index in [9.17, 15) is 9.59 Å². The van der Waals surface area contributed by atoms with Gasteiger partial charge in [0.1, 0.15) is 6.61 Å². The van der Waals surface area contributed by atoms with E-state index in [0.29, 0.717) is 26.3 Å². The Morgan fingerprint density at radius 2 is 1.66 bits per heavy atom. The molecule has 1 amide bonds. The normalized spacial score (nSPS) is 18.1. The monoisotopic (exact) mass is 393 g/mol. The maximum atomic E-state index is 12.7. The second-order valence-electron chi connectivity index (χ2n) is 7.76. The average Bonchev–Trinajstić information content (AvgIpc) is 3.09. The Kier molecular flexibility index (Phi) is 5.84. The van der Waals surface area contributed by atoms with Gasteiger partial charge in [-0.05, 0) is 41.5 Å². The number of likely N-dealkylation sites (tertiary alicyclic amines) is 1. The number of nitrogens with zero attached hydrogens (tertiary/aromatic N) is 1. The van der Waals surface area contributed by atoms with Crippen molar-refractivity contribution in [1.82, 2.24) is 4.90 Å². The molecule has 1 aliphatic heterocycles. The zero-order chi connectivity index (χ0) is 20.2.